The summed E-state index contributed by atoms with van der Waals surface area (Å²) in [5, 5.41) is 2.70. The van der Waals surface area contributed by atoms with Gasteiger partial charge in [-0.25, -0.2) is 0 Å². The van der Waals surface area contributed by atoms with Crippen molar-refractivity contribution in [3.05, 3.63) is 42.2 Å². The first-order valence-corrected chi connectivity index (χ1v) is 6.70. The lowest BCUT2D eigenvalue weighted by Crippen LogP contribution is -2.05. The van der Waals surface area contributed by atoms with Gasteiger partial charge in [-0.2, -0.15) is 0 Å². The van der Waals surface area contributed by atoms with E-state index in [1.165, 1.54) is 6.92 Å². The molecule has 22 heavy (non-hydrogen) atoms. The summed E-state index contributed by atoms with van der Waals surface area (Å²) in [6.07, 6.45) is 1.64. The van der Waals surface area contributed by atoms with Gasteiger partial charge in [0.05, 0.1) is 14.2 Å². The number of amides is 1. The first-order chi connectivity index (χ1) is 10.6. The Kier molecular flexibility index (Phi) is 5.19. The molecule has 0 saturated carbocycles. The molecule has 6 nitrogen and oxygen atoms in total. The fourth-order valence-electron chi connectivity index (χ4n) is 1.94. The van der Waals surface area contributed by atoms with Crippen LogP contribution in [0.1, 0.15) is 12.6 Å². The van der Waals surface area contributed by atoms with Crippen LogP contribution in [0.3, 0.4) is 0 Å². The summed E-state index contributed by atoms with van der Waals surface area (Å²) >= 11 is 0. The molecule has 2 rings (SSSR count). The molecule has 116 valence electrons. The largest absolute Gasteiger partial charge is 0.493 e. The van der Waals surface area contributed by atoms with E-state index in [1.54, 1.807) is 50.7 Å². The van der Waals surface area contributed by atoms with Gasteiger partial charge in [0.25, 0.3) is 0 Å². The number of nitrogens with one attached hydrogen (secondary N) is 1. The number of carbonyl (C=O) groups is 1. The van der Waals surface area contributed by atoms with Crippen LogP contribution >= 0.6 is 0 Å². The molecule has 0 bridgehead atoms. The Hall–Kier alpha value is -2.76. The monoisotopic (exact) mass is 302 g/mol. The van der Waals surface area contributed by atoms with E-state index < -0.39 is 0 Å². The van der Waals surface area contributed by atoms with Crippen LogP contribution in [0, 0.1) is 0 Å². The van der Waals surface area contributed by atoms with Crippen molar-refractivity contribution in [1.82, 2.24) is 4.98 Å². The average molecular weight is 302 g/mol. The van der Waals surface area contributed by atoms with E-state index in [-0.39, 0.29) is 12.5 Å². The third-order valence-electron chi connectivity index (χ3n) is 2.92. The lowest BCUT2D eigenvalue weighted by atomic mass is 10.3. The van der Waals surface area contributed by atoms with E-state index >= 15 is 0 Å². The quantitative estimate of drug-likeness (QED) is 0.888. The van der Waals surface area contributed by atoms with Crippen LogP contribution in [-0.4, -0.2) is 25.1 Å². The van der Waals surface area contributed by atoms with Gasteiger partial charge < -0.3 is 19.5 Å². The Bertz CT molecular complexity index is 641. The smallest absolute Gasteiger partial charge is 0.221 e. The number of hydrogen-bond donors (Lipinski definition) is 1. The van der Waals surface area contributed by atoms with E-state index in [9.17, 15) is 4.79 Å². The summed E-state index contributed by atoms with van der Waals surface area (Å²) in [5.74, 6) is 1.72. The van der Waals surface area contributed by atoms with Crippen molar-refractivity contribution in [1.29, 1.82) is 0 Å². The lowest BCUT2D eigenvalue weighted by Gasteiger charge is -2.12. The van der Waals surface area contributed by atoms with Gasteiger partial charge in [0, 0.05) is 24.9 Å². The summed E-state index contributed by atoms with van der Waals surface area (Å²) in [4.78, 5) is 15.2. The Labute approximate surface area is 129 Å². The average Bonchev–Trinajstić information content (AvgIpc) is 2.53. The van der Waals surface area contributed by atoms with E-state index in [0.717, 1.165) is 5.69 Å². The molecule has 0 aliphatic rings. The second-order valence-electron chi connectivity index (χ2n) is 4.49. The summed E-state index contributed by atoms with van der Waals surface area (Å²) in [6, 6.07) is 8.82. The summed E-state index contributed by atoms with van der Waals surface area (Å²) in [7, 11) is 3.13. The number of carbonyl (C=O) groups excluding carboxylic acids is 1. The molecule has 1 aromatic heterocycles. The number of rotatable bonds is 6. The number of methoxy groups -OCH3 is 2. The molecule has 6 heteroatoms. The fourth-order valence-corrected chi connectivity index (χ4v) is 1.94. The highest BCUT2D eigenvalue weighted by atomic mass is 16.5. The minimum absolute atomic E-state index is 0.112. The molecule has 0 unspecified atom stereocenters. The predicted octanol–water partition coefficient (Wildman–Crippen LogP) is 2.64. The molecule has 1 amide bonds. The van der Waals surface area contributed by atoms with E-state index in [2.05, 4.69) is 10.3 Å². The van der Waals surface area contributed by atoms with Gasteiger partial charge in [0.2, 0.25) is 5.91 Å². The Morgan fingerprint density at radius 3 is 2.45 bits per heavy atom. The number of benzene rings is 1. The van der Waals surface area contributed by atoms with Crippen molar-refractivity contribution in [3.8, 4) is 17.2 Å². The van der Waals surface area contributed by atoms with Crippen LogP contribution in [0.25, 0.3) is 0 Å². The predicted molar refractivity (Wildman–Crippen MR) is 82.4 cm³/mol. The summed E-state index contributed by atoms with van der Waals surface area (Å²) in [5.41, 5.74) is 1.37. The third kappa shape index (κ3) is 3.88. The SMILES string of the molecule is COc1ccnc(COc2ccc(NC(C)=O)cc2)c1OC. The zero-order chi connectivity index (χ0) is 15.9. The minimum Gasteiger partial charge on any atom is -0.493 e. The van der Waals surface area contributed by atoms with Crippen molar-refractivity contribution in [2.75, 3.05) is 19.5 Å². The van der Waals surface area contributed by atoms with Gasteiger partial charge >= 0.3 is 0 Å². The highest BCUT2D eigenvalue weighted by Crippen LogP contribution is 2.29. The highest BCUT2D eigenvalue weighted by molar-refractivity contribution is 5.88. The molecular formula is C16H18N2O4. The van der Waals surface area contributed by atoms with Gasteiger partial charge in [-0.3, -0.25) is 9.78 Å². The molecule has 0 atom stereocenters. The number of nitrogens with zero attached hydrogens (tertiary/aromatic N) is 1. The number of aromatic nitrogens is 1. The van der Waals surface area contributed by atoms with Gasteiger partial charge in [0.15, 0.2) is 11.5 Å². The van der Waals surface area contributed by atoms with Crippen LogP contribution in [0.4, 0.5) is 5.69 Å². The summed E-state index contributed by atoms with van der Waals surface area (Å²) < 4.78 is 16.2. The molecule has 0 saturated heterocycles. The summed E-state index contributed by atoms with van der Waals surface area (Å²) in [6.45, 7) is 1.71. The molecule has 1 N–H and O–H groups in total. The maximum atomic E-state index is 11.0. The maximum Gasteiger partial charge on any atom is 0.221 e. The van der Waals surface area contributed by atoms with E-state index in [1.807, 2.05) is 0 Å². The molecule has 0 aliphatic heterocycles. The van der Waals surface area contributed by atoms with Gasteiger partial charge in [-0.15, -0.1) is 0 Å². The van der Waals surface area contributed by atoms with Crippen LogP contribution in [0.15, 0.2) is 36.5 Å². The second kappa shape index (κ2) is 7.31. The van der Waals surface area contributed by atoms with Crippen molar-refractivity contribution >= 4 is 11.6 Å². The lowest BCUT2D eigenvalue weighted by molar-refractivity contribution is -0.114. The fraction of sp³-hybridized carbons (Fsp3) is 0.250. The maximum absolute atomic E-state index is 11.0. The standard InChI is InChI=1S/C16H18N2O4/c1-11(19)18-12-4-6-13(7-5-12)22-10-14-16(21-3)15(20-2)8-9-17-14/h4-9H,10H2,1-3H3,(H,18,19). The number of anilines is 1. The topological polar surface area (TPSA) is 69.7 Å². The number of ether oxygens (including phenoxy) is 3. The molecule has 1 aromatic carbocycles. The first kappa shape index (κ1) is 15.6. The third-order valence-corrected chi connectivity index (χ3v) is 2.92. The van der Waals surface area contributed by atoms with Gasteiger partial charge in [-0.1, -0.05) is 0 Å². The van der Waals surface area contributed by atoms with Gasteiger partial charge in [-0.05, 0) is 24.3 Å². The number of pyridine rings is 1. The zero-order valence-corrected chi connectivity index (χ0v) is 12.8. The van der Waals surface area contributed by atoms with Crippen molar-refractivity contribution < 1.29 is 19.0 Å². The minimum atomic E-state index is -0.112. The molecule has 0 radical (unpaired) electrons. The normalized spacial score (nSPS) is 9.95. The molecule has 2 aromatic rings. The van der Waals surface area contributed by atoms with Crippen LogP contribution < -0.4 is 19.5 Å². The van der Waals surface area contributed by atoms with Crippen LogP contribution in [-0.2, 0) is 11.4 Å². The van der Waals surface area contributed by atoms with Crippen LogP contribution in [0.5, 0.6) is 17.2 Å². The van der Waals surface area contributed by atoms with Gasteiger partial charge in [0.1, 0.15) is 18.1 Å². The van der Waals surface area contributed by atoms with Crippen molar-refractivity contribution in [2.45, 2.75) is 13.5 Å². The molecule has 0 fully saturated rings. The van der Waals surface area contributed by atoms with Crippen molar-refractivity contribution in [3.63, 3.8) is 0 Å². The Morgan fingerprint density at radius 2 is 1.86 bits per heavy atom. The second-order valence-corrected chi connectivity index (χ2v) is 4.49. The van der Waals surface area contributed by atoms with Crippen molar-refractivity contribution in [2.24, 2.45) is 0 Å². The Morgan fingerprint density at radius 1 is 1.14 bits per heavy atom. The molecule has 0 aliphatic carbocycles. The zero-order valence-electron chi connectivity index (χ0n) is 12.8. The van der Waals surface area contributed by atoms with E-state index in [4.69, 9.17) is 14.2 Å². The molecule has 1 heterocycles. The Balaban J connectivity index is 2.05. The highest BCUT2D eigenvalue weighted by Gasteiger charge is 2.11. The number of hydrogen-bond acceptors (Lipinski definition) is 5. The molecule has 0 spiro atoms. The van der Waals surface area contributed by atoms with E-state index in [0.29, 0.717) is 22.9 Å². The van der Waals surface area contributed by atoms with Crippen LogP contribution in [0.2, 0.25) is 0 Å². The first-order valence-electron chi connectivity index (χ1n) is 6.70. The molecular weight excluding hydrogens is 284 g/mol.